The van der Waals surface area contributed by atoms with Crippen molar-refractivity contribution in [1.82, 2.24) is 4.72 Å². The zero-order valence-corrected chi connectivity index (χ0v) is 13.3. The lowest BCUT2D eigenvalue weighted by atomic mass is 9.99. The molecule has 0 unspecified atom stereocenters. The normalized spacial score (nSPS) is 11.8. The summed E-state index contributed by atoms with van der Waals surface area (Å²) in [5.74, 6) is 0. The number of rotatable bonds is 9. The van der Waals surface area contributed by atoms with E-state index in [4.69, 9.17) is 5.73 Å². The Balaban J connectivity index is 2.66. The van der Waals surface area contributed by atoms with Gasteiger partial charge in [0.2, 0.25) is 10.0 Å². The van der Waals surface area contributed by atoms with Crippen LogP contribution >= 0.6 is 0 Å². The maximum atomic E-state index is 11.1. The minimum atomic E-state index is -3.10. The third-order valence-electron chi connectivity index (χ3n) is 3.22. The van der Waals surface area contributed by atoms with Gasteiger partial charge in [0, 0.05) is 6.54 Å². The van der Waals surface area contributed by atoms with Gasteiger partial charge in [-0.1, -0.05) is 25.1 Å². The van der Waals surface area contributed by atoms with Crippen molar-refractivity contribution in [3.63, 3.8) is 0 Å². The molecule has 3 N–H and O–H groups in total. The van der Waals surface area contributed by atoms with Crippen molar-refractivity contribution >= 4 is 10.0 Å². The molecule has 0 radical (unpaired) electrons. The van der Waals surface area contributed by atoms with Crippen LogP contribution < -0.4 is 10.5 Å². The van der Waals surface area contributed by atoms with Crippen LogP contribution in [0.2, 0.25) is 0 Å². The second-order valence-electron chi connectivity index (χ2n) is 5.17. The zero-order valence-electron chi connectivity index (χ0n) is 12.5. The van der Waals surface area contributed by atoms with E-state index in [0.717, 1.165) is 38.6 Å². The highest BCUT2D eigenvalue weighted by molar-refractivity contribution is 7.88. The van der Waals surface area contributed by atoms with Crippen LogP contribution in [0.3, 0.4) is 0 Å². The second kappa shape index (κ2) is 8.39. The third-order valence-corrected chi connectivity index (χ3v) is 3.95. The molecule has 0 amide bonds. The minimum absolute atomic E-state index is 0.453. The van der Waals surface area contributed by atoms with Crippen LogP contribution in [0.4, 0.5) is 0 Å². The van der Waals surface area contributed by atoms with Crippen molar-refractivity contribution in [3.05, 3.63) is 34.9 Å². The van der Waals surface area contributed by atoms with E-state index in [0.29, 0.717) is 6.54 Å². The van der Waals surface area contributed by atoms with Crippen molar-refractivity contribution in [2.45, 2.75) is 39.0 Å². The third kappa shape index (κ3) is 7.03. The Morgan fingerprint density at radius 1 is 1.05 bits per heavy atom. The lowest BCUT2D eigenvalue weighted by molar-refractivity contribution is 0.588. The first-order valence-corrected chi connectivity index (χ1v) is 9.10. The van der Waals surface area contributed by atoms with Crippen LogP contribution in [0.15, 0.2) is 18.2 Å². The van der Waals surface area contributed by atoms with Gasteiger partial charge < -0.3 is 5.73 Å². The smallest absolute Gasteiger partial charge is 0.208 e. The highest BCUT2D eigenvalue weighted by atomic mass is 32.2. The van der Waals surface area contributed by atoms with Gasteiger partial charge in [0.1, 0.15) is 0 Å². The molecular formula is C15H26N2O2S. The van der Waals surface area contributed by atoms with Gasteiger partial charge in [0.15, 0.2) is 0 Å². The molecule has 0 aliphatic heterocycles. The lowest BCUT2D eigenvalue weighted by Gasteiger charge is -2.09. The number of nitrogens with two attached hydrogens (primary N) is 1. The Bertz CT molecular complexity index is 513. The number of aryl methyl sites for hydroxylation is 2. The Morgan fingerprint density at radius 3 is 2.20 bits per heavy atom. The Kier molecular flexibility index (Phi) is 7.19. The zero-order chi connectivity index (χ0) is 15.0. The average molecular weight is 298 g/mol. The van der Waals surface area contributed by atoms with E-state index in [2.05, 4.69) is 29.8 Å². The van der Waals surface area contributed by atoms with E-state index in [9.17, 15) is 8.42 Å². The first kappa shape index (κ1) is 17.1. The maximum Gasteiger partial charge on any atom is 0.208 e. The molecule has 0 aliphatic carbocycles. The Morgan fingerprint density at radius 2 is 1.65 bits per heavy atom. The molecule has 20 heavy (non-hydrogen) atoms. The van der Waals surface area contributed by atoms with Gasteiger partial charge in [0.05, 0.1) is 6.26 Å². The predicted octanol–water partition coefficient (Wildman–Crippen LogP) is 1.62. The quantitative estimate of drug-likeness (QED) is 0.681. The van der Waals surface area contributed by atoms with E-state index in [1.807, 2.05) is 0 Å². The molecular weight excluding hydrogens is 272 g/mol. The molecule has 0 fully saturated rings. The van der Waals surface area contributed by atoms with Gasteiger partial charge in [-0.25, -0.2) is 13.1 Å². The molecule has 0 heterocycles. The summed E-state index contributed by atoms with van der Waals surface area (Å²) >= 11 is 0. The summed E-state index contributed by atoms with van der Waals surface area (Å²) in [5, 5.41) is 0. The van der Waals surface area contributed by atoms with E-state index in [1.54, 1.807) is 0 Å². The summed E-state index contributed by atoms with van der Waals surface area (Å²) in [6, 6.07) is 6.58. The highest BCUT2D eigenvalue weighted by Gasteiger charge is 2.03. The maximum absolute atomic E-state index is 11.1. The summed E-state index contributed by atoms with van der Waals surface area (Å²) in [6.45, 7) is 3.32. The van der Waals surface area contributed by atoms with Crippen molar-refractivity contribution in [2.24, 2.45) is 5.73 Å². The molecule has 0 atom stereocenters. The molecule has 0 aromatic heterocycles. The van der Waals surface area contributed by atoms with E-state index in [-0.39, 0.29) is 0 Å². The van der Waals surface area contributed by atoms with Crippen molar-refractivity contribution in [2.75, 3.05) is 19.3 Å². The van der Waals surface area contributed by atoms with Crippen molar-refractivity contribution < 1.29 is 8.42 Å². The Hall–Kier alpha value is -0.910. The lowest BCUT2D eigenvalue weighted by Crippen LogP contribution is -2.24. The van der Waals surface area contributed by atoms with Crippen molar-refractivity contribution in [1.29, 1.82) is 0 Å². The SMILES string of the molecule is CCc1cc(CCCCN)cc(CCNS(C)(=O)=O)c1. The van der Waals surface area contributed by atoms with Crippen LogP contribution in [0.1, 0.15) is 36.5 Å². The number of benzene rings is 1. The predicted molar refractivity (Wildman–Crippen MR) is 84.4 cm³/mol. The number of unbranched alkanes of at least 4 members (excludes halogenated alkanes) is 1. The Labute approximate surface area is 122 Å². The van der Waals surface area contributed by atoms with Gasteiger partial charge in [-0.15, -0.1) is 0 Å². The van der Waals surface area contributed by atoms with Gasteiger partial charge >= 0.3 is 0 Å². The molecule has 0 saturated carbocycles. The fourth-order valence-electron chi connectivity index (χ4n) is 2.19. The second-order valence-corrected chi connectivity index (χ2v) is 7.01. The average Bonchev–Trinajstić information content (AvgIpc) is 2.37. The van der Waals surface area contributed by atoms with Gasteiger partial charge in [-0.05, 0) is 55.3 Å². The van der Waals surface area contributed by atoms with Crippen LogP contribution in [-0.2, 0) is 29.3 Å². The van der Waals surface area contributed by atoms with E-state index >= 15 is 0 Å². The summed E-state index contributed by atoms with van der Waals surface area (Å²) in [5.41, 5.74) is 9.35. The van der Waals surface area contributed by atoms with Crippen LogP contribution in [0, 0.1) is 0 Å². The first-order valence-electron chi connectivity index (χ1n) is 7.21. The summed E-state index contributed by atoms with van der Waals surface area (Å²) in [6.07, 6.45) is 6.10. The molecule has 114 valence electrons. The fourth-order valence-corrected chi connectivity index (χ4v) is 2.66. The topological polar surface area (TPSA) is 72.2 Å². The number of hydrogen-bond acceptors (Lipinski definition) is 3. The first-order chi connectivity index (χ1) is 9.44. The standard InChI is InChI=1S/C15H26N2O2S/c1-3-13-10-14(6-4-5-8-16)12-15(11-13)7-9-17-20(2,18)19/h10-12,17H,3-9,16H2,1-2H3. The van der Waals surface area contributed by atoms with E-state index in [1.165, 1.54) is 22.9 Å². The molecule has 0 saturated heterocycles. The molecule has 1 rings (SSSR count). The number of sulfonamides is 1. The summed E-state index contributed by atoms with van der Waals surface area (Å²) in [7, 11) is -3.10. The van der Waals surface area contributed by atoms with Crippen molar-refractivity contribution in [3.8, 4) is 0 Å². The number of nitrogens with one attached hydrogen (secondary N) is 1. The highest BCUT2D eigenvalue weighted by Crippen LogP contribution is 2.14. The van der Waals surface area contributed by atoms with Crippen LogP contribution in [0.25, 0.3) is 0 Å². The fraction of sp³-hybridized carbons (Fsp3) is 0.600. The van der Waals surface area contributed by atoms with Crippen LogP contribution in [0.5, 0.6) is 0 Å². The molecule has 1 aromatic carbocycles. The molecule has 0 bridgehead atoms. The molecule has 1 aromatic rings. The molecule has 0 aliphatic rings. The molecule has 4 nitrogen and oxygen atoms in total. The molecule has 5 heteroatoms. The minimum Gasteiger partial charge on any atom is -0.330 e. The monoisotopic (exact) mass is 298 g/mol. The van der Waals surface area contributed by atoms with Gasteiger partial charge in [0.25, 0.3) is 0 Å². The van der Waals surface area contributed by atoms with Crippen LogP contribution in [-0.4, -0.2) is 27.8 Å². The van der Waals surface area contributed by atoms with E-state index < -0.39 is 10.0 Å². The molecule has 0 spiro atoms. The van der Waals surface area contributed by atoms with Gasteiger partial charge in [-0.3, -0.25) is 0 Å². The summed E-state index contributed by atoms with van der Waals surface area (Å²) < 4.78 is 24.7. The number of hydrogen-bond donors (Lipinski definition) is 2. The van der Waals surface area contributed by atoms with Gasteiger partial charge in [-0.2, -0.15) is 0 Å². The largest absolute Gasteiger partial charge is 0.330 e. The summed E-state index contributed by atoms with van der Waals surface area (Å²) in [4.78, 5) is 0.